The van der Waals surface area contributed by atoms with Gasteiger partial charge in [0.2, 0.25) is 0 Å². The van der Waals surface area contributed by atoms with Gasteiger partial charge in [0, 0.05) is 18.4 Å². The smallest absolute Gasteiger partial charge is 0.0610 e. The summed E-state index contributed by atoms with van der Waals surface area (Å²) in [5.74, 6) is 0.538. The molecule has 2 heteroatoms. The Morgan fingerprint density at radius 3 is 2.82 bits per heavy atom. The zero-order valence-corrected chi connectivity index (χ0v) is 7.12. The summed E-state index contributed by atoms with van der Waals surface area (Å²) in [6.45, 7) is 5.24. The number of aromatic nitrogens is 1. The van der Waals surface area contributed by atoms with Crippen molar-refractivity contribution in [3.63, 3.8) is 0 Å². The summed E-state index contributed by atoms with van der Waals surface area (Å²) in [5, 5.41) is 8.72. The molecule has 0 amide bonds. The lowest BCUT2D eigenvalue weighted by atomic mass is 10.1. The molecule has 1 heterocycles. The minimum absolute atomic E-state index is 0.217. The summed E-state index contributed by atoms with van der Waals surface area (Å²) >= 11 is 0. The molecule has 0 saturated carbocycles. The third kappa shape index (κ3) is 1.84. The molecule has 0 fully saturated rings. The molecule has 0 aliphatic carbocycles. The predicted octanol–water partition coefficient (Wildman–Crippen LogP) is 1.60. The molecule has 1 rings (SSSR count). The summed E-state index contributed by atoms with van der Waals surface area (Å²) < 4.78 is 2.09. The van der Waals surface area contributed by atoms with Crippen molar-refractivity contribution in [3.8, 4) is 0 Å². The zero-order chi connectivity index (χ0) is 8.27. The van der Waals surface area contributed by atoms with Crippen LogP contribution in [0.5, 0.6) is 0 Å². The number of nitrogens with zero attached hydrogens (tertiary/aromatic N) is 1. The van der Waals surface area contributed by atoms with Crippen molar-refractivity contribution >= 4 is 0 Å². The normalized spacial score (nSPS) is 10.9. The van der Waals surface area contributed by atoms with Gasteiger partial charge >= 0.3 is 0 Å². The van der Waals surface area contributed by atoms with E-state index < -0.39 is 0 Å². The van der Waals surface area contributed by atoms with E-state index in [1.165, 1.54) is 5.69 Å². The molecule has 0 bridgehead atoms. The molecule has 0 radical (unpaired) electrons. The van der Waals surface area contributed by atoms with Crippen LogP contribution in [0.15, 0.2) is 18.3 Å². The van der Waals surface area contributed by atoms with Crippen LogP contribution in [0.2, 0.25) is 0 Å². The number of aliphatic hydroxyl groups excluding tert-OH is 1. The summed E-state index contributed by atoms with van der Waals surface area (Å²) in [5.41, 5.74) is 1.29. The van der Waals surface area contributed by atoms with Gasteiger partial charge in [0.1, 0.15) is 0 Å². The molecule has 0 spiro atoms. The molecule has 0 unspecified atom stereocenters. The van der Waals surface area contributed by atoms with Gasteiger partial charge in [0.05, 0.1) is 6.61 Å². The standard InChI is InChI=1S/C9H15NO/c1-8(2)9-4-3-5-10(9)6-7-11/h3-5,8,11H,6-7H2,1-2H3. The summed E-state index contributed by atoms with van der Waals surface area (Å²) in [7, 11) is 0. The number of hydrogen-bond donors (Lipinski definition) is 1. The minimum atomic E-state index is 0.217. The maximum atomic E-state index is 8.72. The van der Waals surface area contributed by atoms with Crippen molar-refractivity contribution in [2.45, 2.75) is 26.3 Å². The van der Waals surface area contributed by atoms with Crippen LogP contribution < -0.4 is 0 Å². The molecule has 2 nitrogen and oxygen atoms in total. The van der Waals surface area contributed by atoms with Gasteiger partial charge in [-0.2, -0.15) is 0 Å². The molecule has 1 aromatic rings. The first-order valence-corrected chi connectivity index (χ1v) is 4.01. The monoisotopic (exact) mass is 153 g/mol. The van der Waals surface area contributed by atoms with Gasteiger partial charge in [-0.15, -0.1) is 0 Å². The van der Waals surface area contributed by atoms with E-state index in [9.17, 15) is 0 Å². The highest BCUT2D eigenvalue weighted by molar-refractivity contribution is 5.10. The Morgan fingerprint density at radius 1 is 1.55 bits per heavy atom. The van der Waals surface area contributed by atoms with E-state index in [4.69, 9.17) is 5.11 Å². The Kier molecular flexibility index (Phi) is 2.71. The molecule has 0 saturated heterocycles. The fraction of sp³-hybridized carbons (Fsp3) is 0.556. The number of aliphatic hydroxyl groups is 1. The highest BCUT2D eigenvalue weighted by Gasteiger charge is 2.03. The molecule has 62 valence electrons. The zero-order valence-electron chi connectivity index (χ0n) is 7.12. The first kappa shape index (κ1) is 8.34. The molecule has 0 aliphatic rings. The molecular weight excluding hydrogens is 138 g/mol. The van der Waals surface area contributed by atoms with Crippen molar-refractivity contribution in [1.29, 1.82) is 0 Å². The Bertz CT molecular complexity index is 215. The lowest BCUT2D eigenvalue weighted by Crippen LogP contribution is -2.05. The fourth-order valence-corrected chi connectivity index (χ4v) is 1.26. The second-order valence-corrected chi connectivity index (χ2v) is 3.00. The third-order valence-electron chi connectivity index (χ3n) is 1.80. The SMILES string of the molecule is CC(C)c1cccn1CCO. The van der Waals surface area contributed by atoms with E-state index in [0.717, 1.165) is 0 Å². The van der Waals surface area contributed by atoms with E-state index in [2.05, 4.69) is 24.5 Å². The van der Waals surface area contributed by atoms with E-state index >= 15 is 0 Å². The van der Waals surface area contributed by atoms with Crippen molar-refractivity contribution < 1.29 is 5.11 Å². The largest absolute Gasteiger partial charge is 0.395 e. The van der Waals surface area contributed by atoms with E-state index in [1.807, 2.05) is 12.3 Å². The highest BCUT2D eigenvalue weighted by atomic mass is 16.3. The lowest BCUT2D eigenvalue weighted by Gasteiger charge is -2.09. The van der Waals surface area contributed by atoms with Crippen molar-refractivity contribution in [1.82, 2.24) is 4.57 Å². The topological polar surface area (TPSA) is 25.2 Å². The maximum Gasteiger partial charge on any atom is 0.0610 e. The summed E-state index contributed by atoms with van der Waals surface area (Å²) in [4.78, 5) is 0. The predicted molar refractivity (Wildman–Crippen MR) is 45.6 cm³/mol. The molecule has 1 N–H and O–H groups in total. The van der Waals surface area contributed by atoms with Gasteiger partial charge in [-0.05, 0) is 18.1 Å². The van der Waals surface area contributed by atoms with Crippen LogP contribution >= 0.6 is 0 Å². The van der Waals surface area contributed by atoms with Crippen molar-refractivity contribution in [3.05, 3.63) is 24.0 Å². The summed E-state index contributed by atoms with van der Waals surface area (Å²) in [6, 6.07) is 4.12. The van der Waals surface area contributed by atoms with Gasteiger partial charge in [0.25, 0.3) is 0 Å². The second-order valence-electron chi connectivity index (χ2n) is 3.00. The van der Waals surface area contributed by atoms with Crippen LogP contribution in [-0.2, 0) is 6.54 Å². The number of hydrogen-bond acceptors (Lipinski definition) is 1. The lowest BCUT2D eigenvalue weighted by molar-refractivity contribution is 0.274. The Hall–Kier alpha value is -0.760. The van der Waals surface area contributed by atoms with E-state index in [0.29, 0.717) is 12.5 Å². The van der Waals surface area contributed by atoms with Gasteiger partial charge in [-0.25, -0.2) is 0 Å². The molecule has 0 aromatic carbocycles. The maximum absolute atomic E-state index is 8.72. The van der Waals surface area contributed by atoms with E-state index in [1.54, 1.807) is 0 Å². The average Bonchev–Trinajstić information content (AvgIpc) is 2.36. The second kappa shape index (κ2) is 3.58. The van der Waals surface area contributed by atoms with Gasteiger partial charge in [-0.1, -0.05) is 13.8 Å². The van der Waals surface area contributed by atoms with Crippen LogP contribution in [-0.4, -0.2) is 16.3 Å². The van der Waals surface area contributed by atoms with Gasteiger partial charge < -0.3 is 9.67 Å². The fourth-order valence-electron chi connectivity index (χ4n) is 1.26. The van der Waals surface area contributed by atoms with Crippen LogP contribution in [0.3, 0.4) is 0 Å². The molecule has 0 aliphatic heterocycles. The Morgan fingerprint density at radius 2 is 2.27 bits per heavy atom. The van der Waals surface area contributed by atoms with Crippen LogP contribution in [0, 0.1) is 0 Å². The van der Waals surface area contributed by atoms with Crippen molar-refractivity contribution in [2.24, 2.45) is 0 Å². The van der Waals surface area contributed by atoms with Crippen LogP contribution in [0.4, 0.5) is 0 Å². The molecule has 1 aromatic heterocycles. The highest BCUT2D eigenvalue weighted by Crippen LogP contribution is 2.14. The molecular formula is C9H15NO. The summed E-state index contributed by atoms with van der Waals surface area (Å²) in [6.07, 6.45) is 2.01. The first-order chi connectivity index (χ1) is 5.25. The average molecular weight is 153 g/mol. The number of rotatable bonds is 3. The molecule has 11 heavy (non-hydrogen) atoms. The van der Waals surface area contributed by atoms with Gasteiger partial charge in [-0.3, -0.25) is 0 Å². The van der Waals surface area contributed by atoms with E-state index in [-0.39, 0.29) is 6.61 Å². The third-order valence-corrected chi connectivity index (χ3v) is 1.80. The Balaban J connectivity index is 2.78. The van der Waals surface area contributed by atoms with Crippen LogP contribution in [0.25, 0.3) is 0 Å². The Labute approximate surface area is 67.5 Å². The molecule has 0 atom stereocenters. The van der Waals surface area contributed by atoms with Gasteiger partial charge in [0.15, 0.2) is 0 Å². The van der Waals surface area contributed by atoms with Crippen molar-refractivity contribution in [2.75, 3.05) is 6.61 Å². The van der Waals surface area contributed by atoms with Crippen LogP contribution in [0.1, 0.15) is 25.5 Å². The quantitative estimate of drug-likeness (QED) is 0.701. The minimum Gasteiger partial charge on any atom is -0.395 e. The first-order valence-electron chi connectivity index (χ1n) is 4.01.